The highest BCUT2D eigenvalue weighted by atomic mass is 32.1. The number of hydrogen-bond donors (Lipinski definition) is 3. The van der Waals surface area contributed by atoms with Crippen LogP contribution >= 0.6 is 11.3 Å². The number of halogens is 5. The third-order valence-corrected chi connectivity index (χ3v) is 13.2. The van der Waals surface area contributed by atoms with Gasteiger partial charge in [-0.1, -0.05) is 38.2 Å². The van der Waals surface area contributed by atoms with E-state index in [9.17, 15) is 37.0 Å². The van der Waals surface area contributed by atoms with Gasteiger partial charge in [-0.05, 0) is 105 Å². The Labute approximate surface area is 293 Å². The van der Waals surface area contributed by atoms with Gasteiger partial charge in [0.05, 0.1) is 17.6 Å². The summed E-state index contributed by atoms with van der Waals surface area (Å²) in [6.07, 6.45) is 9.33. The summed E-state index contributed by atoms with van der Waals surface area (Å²) >= 11 is 1.45. The van der Waals surface area contributed by atoms with E-state index in [-0.39, 0.29) is 11.3 Å². The van der Waals surface area contributed by atoms with E-state index in [1.807, 2.05) is 18.4 Å². The minimum Gasteiger partial charge on any atom is -0.445 e. The van der Waals surface area contributed by atoms with Crippen molar-refractivity contribution in [3.8, 4) is 0 Å². The fraction of sp³-hybridized carbons (Fsp3) is 0.579. The van der Waals surface area contributed by atoms with Gasteiger partial charge in [-0.25, -0.2) is 31.7 Å². The molecule has 0 bridgehead atoms. The lowest BCUT2D eigenvalue weighted by molar-refractivity contribution is 0.0590. The number of benzene rings is 1. The van der Waals surface area contributed by atoms with E-state index in [2.05, 4.69) is 31.5 Å². The molecule has 4 saturated carbocycles. The summed E-state index contributed by atoms with van der Waals surface area (Å²) in [4.78, 5) is 17.7. The average Bonchev–Trinajstić information content (AvgIpc) is 3.63. The third kappa shape index (κ3) is 6.79. The van der Waals surface area contributed by atoms with Crippen LogP contribution in [0.15, 0.2) is 40.8 Å². The molecule has 272 valence electrons. The number of nitrogens with one attached hydrogen (secondary N) is 1. The molecule has 0 saturated heterocycles. The smallest absolute Gasteiger partial charge is 0.412 e. The van der Waals surface area contributed by atoms with Gasteiger partial charge in [-0.3, -0.25) is 5.32 Å². The van der Waals surface area contributed by atoms with Gasteiger partial charge in [0, 0.05) is 17.5 Å². The Morgan fingerprint density at radius 1 is 1.08 bits per heavy atom. The Balaban J connectivity index is 1.18. The number of anilines is 1. The van der Waals surface area contributed by atoms with Crippen LogP contribution in [0.2, 0.25) is 0 Å². The first kappa shape index (κ1) is 36.7. The van der Waals surface area contributed by atoms with Gasteiger partial charge in [0.25, 0.3) is 0 Å². The van der Waals surface area contributed by atoms with E-state index < -0.39 is 64.6 Å². The van der Waals surface area contributed by atoms with Gasteiger partial charge in [0.2, 0.25) is 5.82 Å². The minimum atomic E-state index is -2.31. The summed E-state index contributed by atoms with van der Waals surface area (Å²) in [6, 6.07) is 0. The van der Waals surface area contributed by atoms with Crippen molar-refractivity contribution in [3.05, 3.63) is 80.6 Å². The molecule has 0 spiro atoms. The summed E-state index contributed by atoms with van der Waals surface area (Å²) in [5.41, 5.74) is 1.76. The fourth-order valence-corrected chi connectivity index (χ4v) is 10.2. The number of carbonyl (C=O) groups excluding carboxylic acids is 1. The molecule has 3 N–H and O–H groups in total. The molecule has 4 aliphatic carbocycles. The second-order valence-electron chi connectivity index (χ2n) is 15.1. The van der Waals surface area contributed by atoms with Gasteiger partial charge in [-0.15, -0.1) is 11.3 Å². The van der Waals surface area contributed by atoms with Crippen molar-refractivity contribution in [1.29, 1.82) is 0 Å². The number of nitrogens with zero attached hydrogens (tertiary/aromatic N) is 1. The first-order valence-electron chi connectivity index (χ1n) is 17.5. The molecule has 2 aromatic rings. The number of amides is 1. The SMILES string of the molecule is C=C1C(=CC=C2CCC[C@]3(C)[C@@H]([C@H](C)CC[C@@H](OC(=O)Nc4c(F)c(F)c(F)c(F)c4F)C4(c5nc(C)cs5)CC4)CC[C@@H]23)C[C@@H](O)C[C@@H]1O. The first-order valence-corrected chi connectivity index (χ1v) is 18.4. The topological polar surface area (TPSA) is 91.7 Å². The molecule has 7 atom stereocenters. The number of aryl methyl sites for hydroxylation is 1. The predicted octanol–water partition coefficient (Wildman–Crippen LogP) is 9.35. The van der Waals surface area contributed by atoms with Gasteiger partial charge in [0.1, 0.15) is 16.8 Å². The summed E-state index contributed by atoms with van der Waals surface area (Å²) < 4.78 is 75.9. The van der Waals surface area contributed by atoms with Crippen molar-refractivity contribution in [2.24, 2.45) is 23.2 Å². The van der Waals surface area contributed by atoms with Crippen molar-refractivity contribution < 1.29 is 41.7 Å². The standard InChI is InChI=1S/C38H45F5N2O4S/c1-19(25-10-11-26-22(6-5-13-37(25,26)4)8-9-23-16-24(46)17-27(47)21(23)3)7-12-28(38(14-15-38)35-44-20(2)18-50-35)49-36(48)45-34-32(42)30(40)29(39)31(41)33(34)43/h8-9,18-19,24-28,46-47H,3,5-7,10-17H2,1-2,4H3,(H,45,48)/t19-,24-,25-,26+,27+,28-,37-/m1/s1. The van der Waals surface area contributed by atoms with Crippen LogP contribution in [0.1, 0.15) is 95.2 Å². The largest absolute Gasteiger partial charge is 0.445 e. The second kappa shape index (κ2) is 14.1. The van der Waals surface area contributed by atoms with Crippen molar-refractivity contribution in [1.82, 2.24) is 4.98 Å². The van der Waals surface area contributed by atoms with Crippen LogP contribution in [-0.4, -0.2) is 39.6 Å². The molecule has 4 aliphatic rings. The van der Waals surface area contributed by atoms with E-state index >= 15 is 0 Å². The number of allylic oxidation sites excluding steroid dienone is 3. The Morgan fingerprint density at radius 2 is 1.76 bits per heavy atom. The number of fused-ring (bicyclic) bond motifs is 1. The summed E-state index contributed by atoms with van der Waals surface area (Å²) in [6.45, 7) is 10.5. The Bertz CT molecular complexity index is 1690. The first-order chi connectivity index (χ1) is 23.7. The van der Waals surface area contributed by atoms with Crippen LogP contribution in [0.5, 0.6) is 0 Å². The number of hydrogen-bond acceptors (Lipinski definition) is 6. The molecule has 12 heteroatoms. The highest BCUT2D eigenvalue weighted by Crippen LogP contribution is 2.60. The monoisotopic (exact) mass is 720 g/mol. The van der Waals surface area contributed by atoms with E-state index in [0.29, 0.717) is 55.9 Å². The lowest BCUT2D eigenvalue weighted by Crippen LogP contribution is -2.37. The lowest BCUT2D eigenvalue weighted by atomic mass is 9.60. The van der Waals surface area contributed by atoms with Crippen molar-refractivity contribution in [3.63, 3.8) is 0 Å². The molecule has 1 amide bonds. The van der Waals surface area contributed by atoms with Crippen LogP contribution in [0.3, 0.4) is 0 Å². The van der Waals surface area contributed by atoms with Gasteiger partial charge in [0.15, 0.2) is 23.3 Å². The van der Waals surface area contributed by atoms with Crippen LogP contribution in [0.25, 0.3) is 0 Å². The Kier molecular flexibility index (Phi) is 10.4. The highest BCUT2D eigenvalue weighted by Gasteiger charge is 2.56. The molecule has 4 fully saturated rings. The van der Waals surface area contributed by atoms with Crippen molar-refractivity contribution >= 4 is 23.1 Å². The molecular weight excluding hydrogens is 675 g/mol. The van der Waals surface area contributed by atoms with Crippen molar-refractivity contribution in [2.45, 2.75) is 115 Å². The van der Waals surface area contributed by atoms with Crippen LogP contribution < -0.4 is 5.32 Å². The molecule has 0 radical (unpaired) electrons. The highest BCUT2D eigenvalue weighted by molar-refractivity contribution is 7.09. The molecule has 1 heterocycles. The number of carbonyl (C=O) groups is 1. The number of aliphatic hydroxyl groups is 2. The lowest BCUT2D eigenvalue weighted by Gasteiger charge is -2.44. The van der Waals surface area contributed by atoms with Gasteiger partial charge >= 0.3 is 6.09 Å². The number of thiazole rings is 1. The maximum atomic E-state index is 14.4. The number of aromatic nitrogens is 1. The molecule has 50 heavy (non-hydrogen) atoms. The number of ether oxygens (including phenoxy) is 1. The maximum absolute atomic E-state index is 14.4. The second-order valence-corrected chi connectivity index (χ2v) is 16.0. The zero-order chi connectivity index (χ0) is 36.1. The maximum Gasteiger partial charge on any atom is 0.412 e. The number of aliphatic hydroxyl groups excluding tert-OH is 2. The molecule has 6 nitrogen and oxygen atoms in total. The average molecular weight is 721 g/mol. The summed E-state index contributed by atoms with van der Waals surface area (Å²) in [5, 5.41) is 25.0. The van der Waals surface area contributed by atoms with Crippen LogP contribution in [0.4, 0.5) is 32.4 Å². The number of rotatable bonds is 9. The zero-order valence-corrected chi connectivity index (χ0v) is 29.5. The van der Waals surface area contributed by atoms with Crippen LogP contribution in [0, 0.1) is 59.2 Å². The molecule has 1 aromatic heterocycles. The molecule has 1 aromatic carbocycles. The van der Waals surface area contributed by atoms with E-state index in [1.165, 1.54) is 16.9 Å². The molecule has 0 aliphatic heterocycles. The van der Waals surface area contributed by atoms with Crippen LogP contribution in [-0.2, 0) is 10.2 Å². The third-order valence-electron chi connectivity index (χ3n) is 12.0. The van der Waals surface area contributed by atoms with Gasteiger partial charge < -0.3 is 14.9 Å². The van der Waals surface area contributed by atoms with Crippen molar-refractivity contribution in [2.75, 3.05) is 5.32 Å². The Morgan fingerprint density at radius 3 is 2.40 bits per heavy atom. The minimum absolute atomic E-state index is 0.0494. The quantitative estimate of drug-likeness (QED) is 0.137. The fourth-order valence-electron chi connectivity index (χ4n) is 9.11. The molecular formula is C38H45F5N2O4S. The summed E-state index contributed by atoms with van der Waals surface area (Å²) in [5.74, 6) is -9.88. The molecule has 0 unspecified atom stereocenters. The zero-order valence-electron chi connectivity index (χ0n) is 28.6. The van der Waals surface area contributed by atoms with E-state index in [0.717, 1.165) is 48.4 Å². The van der Waals surface area contributed by atoms with Gasteiger partial charge in [-0.2, -0.15) is 0 Å². The summed E-state index contributed by atoms with van der Waals surface area (Å²) in [7, 11) is 0. The molecule has 6 rings (SSSR count). The normalized spacial score (nSPS) is 30.3. The Hall–Kier alpha value is -3.09. The van der Waals surface area contributed by atoms with E-state index in [4.69, 9.17) is 4.74 Å². The predicted molar refractivity (Wildman–Crippen MR) is 181 cm³/mol. The van der Waals surface area contributed by atoms with E-state index in [1.54, 1.807) is 5.32 Å².